The van der Waals surface area contributed by atoms with Gasteiger partial charge in [0.15, 0.2) is 0 Å². The maximum absolute atomic E-state index is 12.1. The van der Waals surface area contributed by atoms with Crippen molar-refractivity contribution in [3.05, 3.63) is 34.9 Å². The van der Waals surface area contributed by atoms with E-state index in [1.807, 2.05) is 6.92 Å². The summed E-state index contributed by atoms with van der Waals surface area (Å²) in [4.78, 5) is 24.0. The van der Waals surface area contributed by atoms with E-state index in [0.29, 0.717) is 22.8 Å². The molecule has 23 heavy (non-hydrogen) atoms. The average Bonchev–Trinajstić information content (AvgIpc) is 2.52. The largest absolute Gasteiger partial charge is 0.496 e. The zero-order valence-corrected chi connectivity index (χ0v) is 14.6. The van der Waals surface area contributed by atoms with Gasteiger partial charge in [0.05, 0.1) is 14.2 Å². The van der Waals surface area contributed by atoms with Gasteiger partial charge in [0, 0.05) is 16.7 Å². The average molecular weight is 340 g/mol. The lowest BCUT2D eigenvalue weighted by atomic mass is 9.96. The van der Waals surface area contributed by atoms with E-state index in [2.05, 4.69) is 5.32 Å². The number of halogens is 1. The van der Waals surface area contributed by atoms with E-state index in [4.69, 9.17) is 21.1 Å². The van der Waals surface area contributed by atoms with Crippen molar-refractivity contribution >= 4 is 29.6 Å². The summed E-state index contributed by atoms with van der Waals surface area (Å²) < 4.78 is 9.98. The number of benzene rings is 1. The van der Waals surface area contributed by atoms with E-state index in [-0.39, 0.29) is 0 Å². The van der Waals surface area contributed by atoms with Gasteiger partial charge in [-0.25, -0.2) is 4.79 Å². The second-order valence-corrected chi connectivity index (χ2v) is 5.72. The Morgan fingerprint density at radius 2 is 2.04 bits per heavy atom. The summed E-state index contributed by atoms with van der Waals surface area (Å²) in [5.41, 5.74) is -0.381. The van der Waals surface area contributed by atoms with Crippen LogP contribution in [0, 0.1) is 0 Å². The van der Waals surface area contributed by atoms with Crippen LogP contribution in [0.5, 0.6) is 5.75 Å². The number of ether oxygens (including phenoxy) is 2. The first-order chi connectivity index (χ1) is 10.9. The molecule has 1 atom stereocenters. The van der Waals surface area contributed by atoms with Gasteiger partial charge in [0.25, 0.3) is 0 Å². The van der Waals surface area contributed by atoms with Crippen LogP contribution in [0.2, 0.25) is 5.02 Å². The molecular weight excluding hydrogens is 318 g/mol. The van der Waals surface area contributed by atoms with Gasteiger partial charge in [-0.05, 0) is 37.6 Å². The molecule has 0 aromatic heterocycles. The summed E-state index contributed by atoms with van der Waals surface area (Å²) in [7, 11) is 2.84. The number of rotatable bonds is 7. The molecule has 0 aliphatic rings. The van der Waals surface area contributed by atoms with Crippen LogP contribution in [0.15, 0.2) is 24.3 Å². The number of esters is 1. The van der Waals surface area contributed by atoms with Crippen LogP contribution in [0.1, 0.15) is 32.3 Å². The molecule has 0 fully saturated rings. The maximum atomic E-state index is 12.1. The number of carbonyl (C=O) groups is 2. The molecular formula is C17H22ClNO4. The molecule has 1 N–H and O–H groups in total. The van der Waals surface area contributed by atoms with E-state index in [1.165, 1.54) is 20.3 Å². The Kier molecular flexibility index (Phi) is 7.10. The highest BCUT2D eigenvalue weighted by molar-refractivity contribution is 6.30. The molecule has 1 rings (SSSR count). The van der Waals surface area contributed by atoms with Crippen molar-refractivity contribution in [2.45, 2.75) is 32.2 Å². The lowest BCUT2D eigenvalue weighted by Crippen LogP contribution is -2.52. The fraction of sp³-hybridized carbons (Fsp3) is 0.412. The summed E-state index contributed by atoms with van der Waals surface area (Å²) in [5.74, 6) is -0.266. The number of carbonyl (C=O) groups excluding carboxylic acids is 2. The third-order valence-electron chi connectivity index (χ3n) is 3.39. The van der Waals surface area contributed by atoms with Crippen molar-refractivity contribution in [3.8, 4) is 5.75 Å². The van der Waals surface area contributed by atoms with Crippen molar-refractivity contribution in [1.29, 1.82) is 0 Å². The standard InChI is InChI=1S/C17H22ClNO4/c1-5-10-17(2,16(21)23-4)19-15(20)9-6-12-11-13(18)7-8-14(12)22-3/h6-9,11H,5,10H2,1-4H3,(H,19,20). The molecule has 1 amide bonds. The molecule has 6 heteroatoms. The molecule has 1 aromatic rings. The fourth-order valence-corrected chi connectivity index (χ4v) is 2.44. The lowest BCUT2D eigenvalue weighted by Gasteiger charge is -2.26. The number of hydrogen-bond donors (Lipinski definition) is 1. The predicted molar refractivity (Wildman–Crippen MR) is 90.5 cm³/mol. The SMILES string of the molecule is CCCC(C)(NC(=O)C=Cc1cc(Cl)ccc1OC)C(=O)OC. The Balaban J connectivity index is 2.90. The zero-order valence-electron chi connectivity index (χ0n) is 13.8. The maximum Gasteiger partial charge on any atom is 0.331 e. The van der Waals surface area contributed by atoms with Crippen LogP contribution in [0.3, 0.4) is 0 Å². The van der Waals surface area contributed by atoms with Crippen molar-refractivity contribution in [2.75, 3.05) is 14.2 Å². The minimum atomic E-state index is -1.05. The van der Waals surface area contributed by atoms with E-state index in [9.17, 15) is 9.59 Å². The highest BCUT2D eigenvalue weighted by atomic mass is 35.5. The molecule has 0 aliphatic heterocycles. The predicted octanol–water partition coefficient (Wildman–Crippen LogP) is 3.21. The first-order valence-electron chi connectivity index (χ1n) is 7.28. The third-order valence-corrected chi connectivity index (χ3v) is 3.63. The molecule has 0 heterocycles. The van der Waals surface area contributed by atoms with Gasteiger partial charge >= 0.3 is 5.97 Å². The Hall–Kier alpha value is -2.01. The monoisotopic (exact) mass is 339 g/mol. The minimum Gasteiger partial charge on any atom is -0.496 e. The highest BCUT2D eigenvalue weighted by Gasteiger charge is 2.34. The van der Waals surface area contributed by atoms with E-state index in [1.54, 1.807) is 31.2 Å². The van der Waals surface area contributed by atoms with E-state index in [0.717, 1.165) is 6.42 Å². The quantitative estimate of drug-likeness (QED) is 0.612. The van der Waals surface area contributed by atoms with Gasteiger partial charge in [-0.15, -0.1) is 0 Å². The molecule has 0 aliphatic carbocycles. The first kappa shape index (κ1) is 19.0. The van der Waals surface area contributed by atoms with Crippen LogP contribution in [0.4, 0.5) is 0 Å². The smallest absolute Gasteiger partial charge is 0.331 e. The fourth-order valence-electron chi connectivity index (χ4n) is 2.26. The zero-order chi connectivity index (χ0) is 17.5. The van der Waals surface area contributed by atoms with Gasteiger partial charge in [-0.3, -0.25) is 4.79 Å². The van der Waals surface area contributed by atoms with Gasteiger partial charge in [-0.1, -0.05) is 24.9 Å². The second-order valence-electron chi connectivity index (χ2n) is 5.28. The molecule has 5 nitrogen and oxygen atoms in total. The number of nitrogens with one attached hydrogen (secondary N) is 1. The molecule has 126 valence electrons. The van der Waals surface area contributed by atoms with Crippen LogP contribution >= 0.6 is 11.6 Å². The minimum absolute atomic E-state index is 0.395. The Morgan fingerprint density at radius 1 is 1.35 bits per heavy atom. The Bertz CT molecular complexity index is 600. The normalized spacial score (nSPS) is 13.4. The highest BCUT2D eigenvalue weighted by Crippen LogP contribution is 2.23. The summed E-state index contributed by atoms with van der Waals surface area (Å²) in [5, 5.41) is 3.23. The van der Waals surface area contributed by atoms with Crippen LogP contribution < -0.4 is 10.1 Å². The number of methoxy groups -OCH3 is 2. The van der Waals surface area contributed by atoms with Gasteiger partial charge in [0.2, 0.25) is 5.91 Å². The van der Waals surface area contributed by atoms with E-state index < -0.39 is 17.4 Å². The summed E-state index contributed by atoms with van der Waals surface area (Å²) in [6, 6.07) is 5.11. The van der Waals surface area contributed by atoms with Crippen molar-refractivity contribution < 1.29 is 19.1 Å². The van der Waals surface area contributed by atoms with Gasteiger partial charge < -0.3 is 14.8 Å². The van der Waals surface area contributed by atoms with Crippen molar-refractivity contribution in [1.82, 2.24) is 5.32 Å². The lowest BCUT2D eigenvalue weighted by molar-refractivity contribution is -0.150. The summed E-state index contributed by atoms with van der Waals surface area (Å²) in [6.07, 6.45) is 4.15. The number of hydrogen-bond acceptors (Lipinski definition) is 4. The molecule has 1 aromatic carbocycles. The van der Waals surface area contributed by atoms with Crippen molar-refractivity contribution in [3.63, 3.8) is 0 Å². The third kappa shape index (κ3) is 5.28. The van der Waals surface area contributed by atoms with Crippen LogP contribution in [0.25, 0.3) is 6.08 Å². The summed E-state index contributed by atoms with van der Waals surface area (Å²) in [6.45, 7) is 3.58. The molecule has 0 saturated carbocycles. The Morgan fingerprint density at radius 3 is 2.61 bits per heavy atom. The van der Waals surface area contributed by atoms with Gasteiger partial charge in [-0.2, -0.15) is 0 Å². The molecule has 0 saturated heterocycles. The van der Waals surface area contributed by atoms with E-state index >= 15 is 0 Å². The molecule has 0 radical (unpaired) electrons. The molecule has 1 unspecified atom stereocenters. The molecule has 0 bridgehead atoms. The summed E-state index contributed by atoms with van der Waals surface area (Å²) >= 11 is 5.95. The Labute approximate surface area is 141 Å². The topological polar surface area (TPSA) is 64.6 Å². The van der Waals surface area contributed by atoms with Gasteiger partial charge in [0.1, 0.15) is 11.3 Å². The second kappa shape index (κ2) is 8.58. The first-order valence-corrected chi connectivity index (χ1v) is 7.66. The van der Waals surface area contributed by atoms with Crippen LogP contribution in [-0.4, -0.2) is 31.6 Å². The van der Waals surface area contributed by atoms with Crippen LogP contribution in [-0.2, 0) is 14.3 Å². The van der Waals surface area contributed by atoms with Crippen molar-refractivity contribution in [2.24, 2.45) is 0 Å². The molecule has 0 spiro atoms. The number of amides is 1.